The average molecular weight is 236 g/mol. The van der Waals surface area contributed by atoms with Gasteiger partial charge in [0.2, 0.25) is 0 Å². The van der Waals surface area contributed by atoms with Gasteiger partial charge in [-0.05, 0) is 32.4 Å². The second-order valence-corrected chi connectivity index (χ2v) is 5.15. The van der Waals surface area contributed by atoms with Gasteiger partial charge in [0, 0.05) is 36.4 Å². The Morgan fingerprint density at radius 3 is 2.94 bits per heavy atom. The Hall–Kier alpha value is -1.09. The minimum atomic E-state index is -0.112. The lowest BCUT2D eigenvalue weighted by atomic mass is 9.95. The van der Waals surface area contributed by atoms with Crippen LogP contribution >= 0.6 is 0 Å². The van der Waals surface area contributed by atoms with Crippen LogP contribution in [-0.4, -0.2) is 25.2 Å². The molecule has 1 aliphatic rings. The van der Waals surface area contributed by atoms with E-state index in [0.29, 0.717) is 0 Å². The Labute approximate surface area is 103 Å². The zero-order valence-electron chi connectivity index (χ0n) is 10.9. The molecule has 1 saturated heterocycles. The van der Waals surface area contributed by atoms with Crippen molar-refractivity contribution in [1.29, 1.82) is 0 Å². The van der Waals surface area contributed by atoms with Crippen molar-refractivity contribution in [1.82, 2.24) is 5.32 Å². The monoisotopic (exact) mass is 236 g/mol. The highest BCUT2D eigenvalue weighted by atomic mass is 19.1. The number of hydrogen-bond acceptors (Lipinski definition) is 2. The Bertz CT molecular complexity index is 405. The number of hydrogen-bond donors (Lipinski definition) is 1. The van der Waals surface area contributed by atoms with Gasteiger partial charge in [-0.2, -0.15) is 0 Å². The largest absolute Gasteiger partial charge is 0.368 e. The lowest BCUT2D eigenvalue weighted by molar-refractivity contribution is 0.314. The van der Waals surface area contributed by atoms with Crippen LogP contribution in [0.3, 0.4) is 0 Å². The molecule has 0 saturated carbocycles. The fourth-order valence-corrected chi connectivity index (χ4v) is 2.43. The van der Waals surface area contributed by atoms with Crippen LogP contribution in [0.4, 0.5) is 10.1 Å². The molecule has 2 nitrogen and oxygen atoms in total. The van der Waals surface area contributed by atoms with Crippen molar-refractivity contribution < 1.29 is 4.39 Å². The van der Waals surface area contributed by atoms with E-state index >= 15 is 0 Å². The quantitative estimate of drug-likeness (QED) is 0.849. The molecule has 0 aromatic heterocycles. The summed E-state index contributed by atoms with van der Waals surface area (Å²) in [5.41, 5.74) is 1.93. The maximum Gasteiger partial charge on any atom is 0.128 e. The predicted molar refractivity (Wildman–Crippen MR) is 70.0 cm³/mol. The van der Waals surface area contributed by atoms with Crippen LogP contribution in [0, 0.1) is 12.7 Å². The molecule has 0 bridgehead atoms. The van der Waals surface area contributed by atoms with Gasteiger partial charge in [0.1, 0.15) is 5.82 Å². The molecule has 1 heterocycles. The van der Waals surface area contributed by atoms with E-state index in [1.807, 2.05) is 13.0 Å². The van der Waals surface area contributed by atoms with Crippen molar-refractivity contribution in [2.24, 2.45) is 0 Å². The summed E-state index contributed by atoms with van der Waals surface area (Å²) in [4.78, 5) is 2.29. The molecular weight excluding hydrogens is 215 g/mol. The van der Waals surface area contributed by atoms with Gasteiger partial charge in [0.25, 0.3) is 0 Å². The van der Waals surface area contributed by atoms with Gasteiger partial charge in [-0.1, -0.05) is 13.0 Å². The number of anilines is 1. The summed E-state index contributed by atoms with van der Waals surface area (Å²) >= 11 is 0. The summed E-state index contributed by atoms with van der Waals surface area (Å²) < 4.78 is 13.6. The molecule has 17 heavy (non-hydrogen) atoms. The second-order valence-electron chi connectivity index (χ2n) is 5.15. The molecule has 1 fully saturated rings. The van der Waals surface area contributed by atoms with E-state index < -0.39 is 0 Å². The minimum Gasteiger partial charge on any atom is -0.368 e. The van der Waals surface area contributed by atoms with Crippen molar-refractivity contribution in [2.45, 2.75) is 32.7 Å². The van der Waals surface area contributed by atoms with Gasteiger partial charge in [-0.15, -0.1) is 0 Å². The van der Waals surface area contributed by atoms with Crippen LogP contribution in [0.25, 0.3) is 0 Å². The normalized spacial score (nSPS) is 25.1. The summed E-state index contributed by atoms with van der Waals surface area (Å²) in [6, 6.07) is 5.34. The third-order valence-electron chi connectivity index (χ3n) is 3.83. The summed E-state index contributed by atoms with van der Waals surface area (Å²) in [5.74, 6) is -0.112. The van der Waals surface area contributed by atoms with Crippen LogP contribution in [0.1, 0.15) is 25.8 Å². The molecular formula is C14H21FN2. The first-order chi connectivity index (χ1) is 8.06. The van der Waals surface area contributed by atoms with Crippen LogP contribution < -0.4 is 10.2 Å². The molecule has 0 spiro atoms. The lowest BCUT2D eigenvalue weighted by Crippen LogP contribution is -2.58. The molecule has 1 unspecified atom stereocenters. The highest BCUT2D eigenvalue weighted by Crippen LogP contribution is 2.26. The van der Waals surface area contributed by atoms with E-state index in [4.69, 9.17) is 0 Å². The Balaban J connectivity index is 2.25. The van der Waals surface area contributed by atoms with Crippen molar-refractivity contribution in [3.63, 3.8) is 0 Å². The third kappa shape index (κ3) is 2.44. The highest BCUT2D eigenvalue weighted by Gasteiger charge is 2.29. The fourth-order valence-electron chi connectivity index (χ4n) is 2.43. The number of piperazine rings is 1. The zero-order valence-corrected chi connectivity index (χ0v) is 10.9. The topological polar surface area (TPSA) is 15.3 Å². The molecule has 0 amide bonds. The highest BCUT2D eigenvalue weighted by molar-refractivity contribution is 5.54. The molecule has 1 aromatic rings. The van der Waals surface area contributed by atoms with Crippen LogP contribution in [0.5, 0.6) is 0 Å². The zero-order chi connectivity index (χ0) is 12.5. The molecule has 3 heteroatoms. The van der Waals surface area contributed by atoms with E-state index in [2.05, 4.69) is 24.1 Å². The Morgan fingerprint density at radius 2 is 2.24 bits per heavy atom. The minimum absolute atomic E-state index is 0.112. The summed E-state index contributed by atoms with van der Waals surface area (Å²) in [6.07, 6.45) is 1.08. The maximum absolute atomic E-state index is 13.6. The molecule has 94 valence electrons. The SMILES string of the molecule is CCC1(C)CN(c2cccc(F)c2C)CCN1. The molecule has 2 rings (SSSR count). The van der Waals surface area contributed by atoms with Crippen molar-refractivity contribution in [3.8, 4) is 0 Å². The van der Waals surface area contributed by atoms with Crippen LogP contribution in [-0.2, 0) is 0 Å². The summed E-state index contributed by atoms with van der Waals surface area (Å²) in [7, 11) is 0. The van der Waals surface area contributed by atoms with Crippen molar-refractivity contribution in [3.05, 3.63) is 29.6 Å². The van der Waals surface area contributed by atoms with Gasteiger partial charge >= 0.3 is 0 Å². The average Bonchev–Trinajstić information content (AvgIpc) is 2.33. The van der Waals surface area contributed by atoms with Crippen LogP contribution in [0.15, 0.2) is 18.2 Å². The van der Waals surface area contributed by atoms with Crippen LogP contribution in [0.2, 0.25) is 0 Å². The Kier molecular flexibility index (Phi) is 3.38. The maximum atomic E-state index is 13.6. The molecule has 0 radical (unpaired) electrons. The molecule has 1 atom stereocenters. The first kappa shape index (κ1) is 12.4. The fraction of sp³-hybridized carbons (Fsp3) is 0.571. The van der Waals surface area contributed by atoms with Gasteiger partial charge in [-0.3, -0.25) is 0 Å². The molecule has 1 aliphatic heterocycles. The predicted octanol–water partition coefficient (Wildman–Crippen LogP) is 2.71. The number of nitrogens with zero attached hydrogens (tertiary/aromatic N) is 1. The lowest BCUT2D eigenvalue weighted by Gasteiger charge is -2.42. The number of benzene rings is 1. The van der Waals surface area contributed by atoms with E-state index in [1.165, 1.54) is 6.07 Å². The van der Waals surface area contributed by atoms with E-state index in [9.17, 15) is 4.39 Å². The van der Waals surface area contributed by atoms with Crippen molar-refractivity contribution in [2.75, 3.05) is 24.5 Å². The molecule has 0 aliphatic carbocycles. The van der Waals surface area contributed by atoms with Gasteiger partial charge in [-0.25, -0.2) is 4.39 Å². The first-order valence-corrected chi connectivity index (χ1v) is 6.31. The molecule has 1 N–H and O–H groups in total. The second kappa shape index (κ2) is 4.65. The van der Waals surface area contributed by atoms with E-state index in [0.717, 1.165) is 37.3 Å². The first-order valence-electron chi connectivity index (χ1n) is 6.31. The summed E-state index contributed by atoms with van der Waals surface area (Å²) in [5, 5.41) is 3.54. The number of halogens is 1. The van der Waals surface area contributed by atoms with E-state index in [-0.39, 0.29) is 11.4 Å². The van der Waals surface area contributed by atoms with Gasteiger partial charge in [0.15, 0.2) is 0 Å². The number of nitrogens with one attached hydrogen (secondary N) is 1. The smallest absolute Gasteiger partial charge is 0.128 e. The number of rotatable bonds is 2. The standard InChI is InChI=1S/C14H21FN2/c1-4-14(3)10-17(9-8-16-14)13-7-5-6-12(15)11(13)2/h5-7,16H,4,8-10H2,1-3H3. The molecule has 1 aromatic carbocycles. The Morgan fingerprint density at radius 1 is 1.47 bits per heavy atom. The van der Waals surface area contributed by atoms with E-state index in [1.54, 1.807) is 6.07 Å². The summed E-state index contributed by atoms with van der Waals surface area (Å²) in [6.45, 7) is 9.12. The van der Waals surface area contributed by atoms with Gasteiger partial charge in [0.05, 0.1) is 0 Å². The van der Waals surface area contributed by atoms with Crippen molar-refractivity contribution >= 4 is 5.69 Å². The third-order valence-corrected chi connectivity index (χ3v) is 3.83. The van der Waals surface area contributed by atoms with Gasteiger partial charge < -0.3 is 10.2 Å².